The van der Waals surface area contributed by atoms with Gasteiger partial charge in [-0.15, -0.1) is 0 Å². The van der Waals surface area contributed by atoms with E-state index in [1.807, 2.05) is 48.5 Å². The number of anilines is 2. The molecule has 0 saturated heterocycles. The molecular formula is C26H23ClN2O. The number of carbonyl (C=O) groups is 1. The molecular weight excluding hydrogens is 392 g/mol. The lowest BCUT2D eigenvalue weighted by Gasteiger charge is -2.30. The number of allylic oxidation sites excluding steroid dienone is 1. The molecule has 30 heavy (non-hydrogen) atoms. The summed E-state index contributed by atoms with van der Waals surface area (Å²) in [6.45, 7) is 2.08. The number of aryl methyl sites for hydroxylation is 1. The molecule has 5 rings (SSSR count). The van der Waals surface area contributed by atoms with Gasteiger partial charge in [0.1, 0.15) is 0 Å². The number of hydrogen-bond acceptors (Lipinski definition) is 3. The topological polar surface area (TPSA) is 41.1 Å². The van der Waals surface area contributed by atoms with Crippen molar-refractivity contribution in [3.63, 3.8) is 0 Å². The van der Waals surface area contributed by atoms with Crippen molar-refractivity contribution in [3.8, 4) is 0 Å². The van der Waals surface area contributed by atoms with Crippen molar-refractivity contribution in [2.45, 2.75) is 31.7 Å². The lowest BCUT2D eigenvalue weighted by molar-refractivity contribution is -0.116. The molecule has 3 nitrogen and oxygen atoms in total. The van der Waals surface area contributed by atoms with Crippen molar-refractivity contribution >= 4 is 28.8 Å². The Bertz CT molecular complexity index is 1150. The van der Waals surface area contributed by atoms with Gasteiger partial charge in [0.25, 0.3) is 0 Å². The fourth-order valence-electron chi connectivity index (χ4n) is 4.51. The number of carbonyl (C=O) groups excluding carboxylic acids is 1. The second kappa shape index (κ2) is 7.66. The monoisotopic (exact) mass is 414 g/mol. The van der Waals surface area contributed by atoms with Crippen LogP contribution in [0.2, 0.25) is 5.02 Å². The fourth-order valence-corrected chi connectivity index (χ4v) is 4.75. The van der Waals surface area contributed by atoms with E-state index in [1.165, 1.54) is 11.1 Å². The minimum absolute atomic E-state index is 0.166. The van der Waals surface area contributed by atoms with Crippen molar-refractivity contribution < 1.29 is 4.79 Å². The Kier molecular flexibility index (Phi) is 4.84. The van der Waals surface area contributed by atoms with Crippen LogP contribution in [0.3, 0.4) is 0 Å². The molecule has 150 valence electrons. The summed E-state index contributed by atoms with van der Waals surface area (Å²) in [5.41, 5.74) is 7.09. The molecule has 0 unspecified atom stereocenters. The van der Waals surface area contributed by atoms with Crippen molar-refractivity contribution in [2.75, 3.05) is 10.6 Å². The van der Waals surface area contributed by atoms with E-state index in [9.17, 15) is 4.79 Å². The summed E-state index contributed by atoms with van der Waals surface area (Å²) >= 11 is 6.56. The third kappa shape index (κ3) is 3.40. The molecule has 0 fully saturated rings. The summed E-state index contributed by atoms with van der Waals surface area (Å²) in [7, 11) is 0. The van der Waals surface area contributed by atoms with Gasteiger partial charge in [-0.1, -0.05) is 71.8 Å². The second-order valence-corrected chi connectivity index (χ2v) is 8.51. The number of halogens is 1. The Morgan fingerprint density at radius 2 is 1.57 bits per heavy atom. The molecule has 0 radical (unpaired) electrons. The van der Waals surface area contributed by atoms with Gasteiger partial charge in [0.2, 0.25) is 0 Å². The molecule has 0 amide bonds. The molecule has 0 bridgehead atoms. The zero-order chi connectivity index (χ0) is 20.7. The van der Waals surface area contributed by atoms with E-state index in [4.69, 9.17) is 11.6 Å². The van der Waals surface area contributed by atoms with Gasteiger partial charge in [-0.25, -0.2) is 0 Å². The minimum atomic E-state index is -0.281. The highest BCUT2D eigenvalue weighted by Crippen LogP contribution is 2.45. The first-order valence-electron chi connectivity index (χ1n) is 10.3. The fraction of sp³-hybridized carbons (Fsp3) is 0.192. The SMILES string of the molecule is Cc1ccc([C@@H]2CC(=O)C3=C(C2)Nc2ccccc2N[C@@H]3c2ccccc2Cl)cc1. The highest BCUT2D eigenvalue weighted by molar-refractivity contribution is 6.31. The van der Waals surface area contributed by atoms with Crippen LogP contribution in [0, 0.1) is 6.92 Å². The van der Waals surface area contributed by atoms with Crippen LogP contribution in [0.4, 0.5) is 11.4 Å². The third-order valence-electron chi connectivity index (χ3n) is 6.07. The Labute approximate surface area is 181 Å². The number of fused-ring (bicyclic) bond motifs is 1. The van der Waals surface area contributed by atoms with Crippen LogP contribution in [0.1, 0.15) is 41.5 Å². The van der Waals surface area contributed by atoms with Gasteiger partial charge in [0.15, 0.2) is 5.78 Å². The van der Waals surface area contributed by atoms with Crippen LogP contribution in [0.25, 0.3) is 0 Å². The van der Waals surface area contributed by atoms with E-state index in [0.29, 0.717) is 11.4 Å². The number of rotatable bonds is 2. The molecule has 0 aromatic heterocycles. The van der Waals surface area contributed by atoms with E-state index in [2.05, 4.69) is 41.8 Å². The van der Waals surface area contributed by atoms with E-state index in [-0.39, 0.29) is 17.7 Å². The van der Waals surface area contributed by atoms with Gasteiger partial charge >= 0.3 is 0 Å². The molecule has 2 N–H and O–H groups in total. The van der Waals surface area contributed by atoms with Crippen LogP contribution in [0.15, 0.2) is 84.1 Å². The maximum Gasteiger partial charge on any atom is 0.163 e. The summed E-state index contributed by atoms with van der Waals surface area (Å²) in [6.07, 6.45) is 1.30. The second-order valence-electron chi connectivity index (χ2n) is 8.10. The number of Topliss-reactive ketones (excluding diaryl/α,β-unsaturated/α-hetero) is 1. The van der Waals surface area contributed by atoms with E-state index < -0.39 is 0 Å². The molecule has 1 heterocycles. The van der Waals surface area contributed by atoms with Gasteiger partial charge < -0.3 is 10.6 Å². The molecule has 3 aromatic rings. The number of nitrogens with one attached hydrogen (secondary N) is 2. The zero-order valence-electron chi connectivity index (χ0n) is 16.8. The first kappa shape index (κ1) is 19.0. The van der Waals surface area contributed by atoms with Gasteiger partial charge in [0.05, 0.1) is 17.4 Å². The normalized spacial score (nSPS) is 20.5. The number of ketones is 1. The Hall–Kier alpha value is -3.04. The van der Waals surface area contributed by atoms with Crippen LogP contribution < -0.4 is 10.6 Å². The number of hydrogen-bond donors (Lipinski definition) is 2. The highest BCUT2D eigenvalue weighted by atomic mass is 35.5. The average molecular weight is 415 g/mol. The van der Waals surface area contributed by atoms with Crippen molar-refractivity contribution in [1.82, 2.24) is 0 Å². The van der Waals surface area contributed by atoms with Crippen LogP contribution >= 0.6 is 11.6 Å². The van der Waals surface area contributed by atoms with Gasteiger partial charge in [0, 0.05) is 22.7 Å². The number of para-hydroxylation sites is 2. The molecule has 1 aliphatic heterocycles. The Morgan fingerprint density at radius 1 is 0.867 bits per heavy atom. The third-order valence-corrected chi connectivity index (χ3v) is 6.42. The summed E-state index contributed by atoms with van der Waals surface area (Å²) in [5, 5.41) is 7.82. The molecule has 2 atom stereocenters. The summed E-state index contributed by atoms with van der Waals surface area (Å²) in [4.78, 5) is 13.5. The average Bonchev–Trinajstić information content (AvgIpc) is 2.91. The van der Waals surface area contributed by atoms with Crippen molar-refractivity contribution in [1.29, 1.82) is 0 Å². The molecule has 2 aliphatic rings. The van der Waals surface area contributed by atoms with Gasteiger partial charge in [-0.2, -0.15) is 0 Å². The van der Waals surface area contributed by atoms with Crippen molar-refractivity contribution in [2.24, 2.45) is 0 Å². The highest BCUT2D eigenvalue weighted by Gasteiger charge is 2.36. The van der Waals surface area contributed by atoms with E-state index in [1.54, 1.807) is 0 Å². The first-order valence-corrected chi connectivity index (χ1v) is 10.7. The van der Waals surface area contributed by atoms with Crippen LogP contribution in [-0.4, -0.2) is 5.78 Å². The molecule has 4 heteroatoms. The summed E-state index contributed by atoms with van der Waals surface area (Å²) in [5.74, 6) is 0.334. The zero-order valence-corrected chi connectivity index (χ0v) is 17.5. The van der Waals surface area contributed by atoms with Gasteiger partial charge in [-0.05, 0) is 48.6 Å². The Morgan fingerprint density at radius 3 is 2.33 bits per heavy atom. The minimum Gasteiger partial charge on any atom is -0.372 e. The largest absolute Gasteiger partial charge is 0.372 e. The Balaban J connectivity index is 1.62. The lowest BCUT2D eigenvalue weighted by atomic mass is 9.78. The van der Waals surface area contributed by atoms with Crippen LogP contribution in [-0.2, 0) is 4.79 Å². The maximum absolute atomic E-state index is 13.5. The first-order chi connectivity index (χ1) is 14.6. The number of benzene rings is 3. The standard InChI is InChI=1S/C26H23ClN2O/c1-16-10-12-17(13-11-16)18-14-23-25(24(30)15-18)26(19-6-2-3-7-20(19)27)29-22-9-5-4-8-21(22)28-23/h2-13,18,26,28-29H,14-15H2,1H3/t18-,26+/m0/s1. The smallest absolute Gasteiger partial charge is 0.163 e. The lowest BCUT2D eigenvalue weighted by Crippen LogP contribution is -2.27. The quantitative estimate of drug-likeness (QED) is 0.494. The van der Waals surface area contributed by atoms with Gasteiger partial charge in [-0.3, -0.25) is 4.79 Å². The molecule has 0 spiro atoms. The maximum atomic E-state index is 13.5. The summed E-state index contributed by atoms with van der Waals surface area (Å²) < 4.78 is 0. The molecule has 0 saturated carbocycles. The predicted molar refractivity (Wildman–Crippen MR) is 123 cm³/mol. The van der Waals surface area contributed by atoms with Crippen LogP contribution in [0.5, 0.6) is 0 Å². The van der Waals surface area contributed by atoms with Crippen molar-refractivity contribution in [3.05, 3.63) is 106 Å². The molecule has 3 aromatic carbocycles. The van der Waals surface area contributed by atoms with E-state index >= 15 is 0 Å². The summed E-state index contributed by atoms with van der Waals surface area (Å²) in [6, 6.07) is 24.1. The molecule has 1 aliphatic carbocycles. The predicted octanol–water partition coefficient (Wildman–Crippen LogP) is 6.63. The van der Waals surface area contributed by atoms with E-state index in [0.717, 1.165) is 34.6 Å².